The molecule has 0 saturated carbocycles. The molecule has 2 aliphatic rings. The van der Waals surface area contributed by atoms with Crippen LogP contribution < -0.4 is 10.9 Å². The zero-order chi connectivity index (χ0) is 16.7. The molecule has 6 heteroatoms. The van der Waals surface area contributed by atoms with E-state index in [0.717, 1.165) is 49.9 Å². The molecule has 0 bridgehead atoms. The summed E-state index contributed by atoms with van der Waals surface area (Å²) in [4.78, 5) is 27.3. The van der Waals surface area contributed by atoms with Crippen molar-refractivity contribution >= 4 is 29.2 Å². The predicted octanol–water partition coefficient (Wildman–Crippen LogP) is 2.03. The van der Waals surface area contributed by atoms with E-state index in [1.54, 1.807) is 11.6 Å². The zero-order valence-electron chi connectivity index (χ0n) is 14.4. The van der Waals surface area contributed by atoms with Gasteiger partial charge in [0.25, 0.3) is 11.5 Å². The quantitative estimate of drug-likeness (QED) is 0.845. The molecule has 1 amide bonds. The van der Waals surface area contributed by atoms with Crippen LogP contribution in [0.5, 0.6) is 0 Å². The fourth-order valence-electron chi connectivity index (χ4n) is 4.18. The van der Waals surface area contributed by atoms with Crippen molar-refractivity contribution in [3.8, 4) is 0 Å². The Balaban J connectivity index is 0.00000182. The van der Waals surface area contributed by atoms with Gasteiger partial charge in [-0.3, -0.25) is 9.59 Å². The molecule has 1 N–H and O–H groups in total. The molecular formula is C19H24ClN3O2. The lowest BCUT2D eigenvalue weighted by atomic mass is 9.92. The van der Waals surface area contributed by atoms with Crippen LogP contribution in [0.3, 0.4) is 0 Å². The van der Waals surface area contributed by atoms with Crippen molar-refractivity contribution in [2.24, 2.45) is 18.9 Å². The van der Waals surface area contributed by atoms with E-state index in [0.29, 0.717) is 17.4 Å². The van der Waals surface area contributed by atoms with Crippen LogP contribution in [0.1, 0.15) is 23.2 Å². The highest BCUT2D eigenvalue weighted by Crippen LogP contribution is 2.28. The highest BCUT2D eigenvalue weighted by atomic mass is 35.5. The highest BCUT2D eigenvalue weighted by Gasteiger charge is 2.32. The lowest BCUT2D eigenvalue weighted by molar-refractivity contribution is 0.0760. The Morgan fingerprint density at radius 2 is 1.76 bits per heavy atom. The Labute approximate surface area is 153 Å². The van der Waals surface area contributed by atoms with Gasteiger partial charge in [0.05, 0.1) is 11.1 Å². The molecule has 4 rings (SSSR count). The number of benzene rings is 1. The van der Waals surface area contributed by atoms with E-state index in [4.69, 9.17) is 0 Å². The topological polar surface area (TPSA) is 54.3 Å². The number of hydrogen-bond acceptors (Lipinski definition) is 3. The van der Waals surface area contributed by atoms with Gasteiger partial charge in [-0.05, 0) is 43.8 Å². The molecule has 134 valence electrons. The minimum Gasteiger partial charge on any atom is -0.339 e. The molecule has 0 aliphatic carbocycles. The Hall–Kier alpha value is -1.85. The first-order chi connectivity index (χ1) is 11.6. The normalized spacial score (nSPS) is 23.0. The van der Waals surface area contributed by atoms with E-state index in [-0.39, 0.29) is 23.9 Å². The second kappa shape index (κ2) is 7.18. The van der Waals surface area contributed by atoms with Crippen LogP contribution in [0.4, 0.5) is 0 Å². The van der Waals surface area contributed by atoms with Gasteiger partial charge >= 0.3 is 0 Å². The minimum absolute atomic E-state index is 0. The number of aromatic nitrogens is 1. The van der Waals surface area contributed by atoms with Crippen LogP contribution in [-0.4, -0.2) is 41.6 Å². The number of fused-ring (bicyclic) bond motifs is 2. The van der Waals surface area contributed by atoms with E-state index >= 15 is 0 Å². The predicted molar refractivity (Wildman–Crippen MR) is 101 cm³/mol. The molecule has 2 aliphatic heterocycles. The van der Waals surface area contributed by atoms with Gasteiger partial charge < -0.3 is 14.8 Å². The Morgan fingerprint density at radius 3 is 2.44 bits per heavy atom. The Bertz CT molecular complexity index is 834. The fourth-order valence-corrected chi connectivity index (χ4v) is 4.18. The van der Waals surface area contributed by atoms with Crippen molar-refractivity contribution in [1.82, 2.24) is 14.8 Å². The SMILES string of the molecule is Cl.Cn1c(=O)cc(C(=O)N2CC[C@@H]3CNC[C@@H]3CC2)c2ccccc21. The second-order valence-electron chi connectivity index (χ2n) is 7.02. The van der Waals surface area contributed by atoms with Gasteiger partial charge in [-0.2, -0.15) is 0 Å². The molecular weight excluding hydrogens is 338 g/mol. The lowest BCUT2D eigenvalue weighted by Gasteiger charge is -2.22. The standard InChI is InChI=1S/C19H23N3O2.ClH/c1-21-17-5-3-2-4-15(17)16(10-18(21)23)19(24)22-8-6-13-11-20-12-14(13)7-9-22;/h2-5,10,13-14,20H,6-9,11-12H2,1H3;1H/t13-,14+;. The molecule has 3 heterocycles. The number of nitrogens with one attached hydrogen (secondary N) is 1. The van der Waals surface area contributed by atoms with Gasteiger partial charge in [-0.15, -0.1) is 12.4 Å². The second-order valence-corrected chi connectivity index (χ2v) is 7.02. The molecule has 2 atom stereocenters. The molecule has 2 fully saturated rings. The van der Waals surface area contributed by atoms with Crippen LogP contribution in [-0.2, 0) is 7.05 Å². The van der Waals surface area contributed by atoms with Crippen LogP contribution >= 0.6 is 12.4 Å². The van der Waals surface area contributed by atoms with Crippen molar-refractivity contribution in [2.75, 3.05) is 26.2 Å². The third-order valence-corrected chi connectivity index (χ3v) is 5.69. The average molecular weight is 362 g/mol. The van der Waals surface area contributed by atoms with E-state index in [1.807, 2.05) is 29.2 Å². The number of para-hydroxylation sites is 1. The summed E-state index contributed by atoms with van der Waals surface area (Å²) in [5, 5.41) is 4.32. The van der Waals surface area contributed by atoms with E-state index in [1.165, 1.54) is 6.07 Å². The largest absolute Gasteiger partial charge is 0.339 e. The average Bonchev–Trinajstić information content (AvgIpc) is 2.96. The van der Waals surface area contributed by atoms with Crippen molar-refractivity contribution in [1.29, 1.82) is 0 Å². The molecule has 0 radical (unpaired) electrons. The maximum Gasteiger partial charge on any atom is 0.254 e. The lowest BCUT2D eigenvalue weighted by Crippen LogP contribution is -2.34. The highest BCUT2D eigenvalue weighted by molar-refractivity contribution is 6.06. The Morgan fingerprint density at radius 1 is 1.12 bits per heavy atom. The Kier molecular flexibility index (Phi) is 5.16. The van der Waals surface area contributed by atoms with Gasteiger partial charge in [0, 0.05) is 31.6 Å². The third-order valence-electron chi connectivity index (χ3n) is 5.69. The van der Waals surface area contributed by atoms with E-state index in [2.05, 4.69) is 5.32 Å². The first kappa shape index (κ1) is 18.0. The number of halogens is 1. The summed E-state index contributed by atoms with van der Waals surface area (Å²) in [6.07, 6.45) is 2.10. The summed E-state index contributed by atoms with van der Waals surface area (Å²) in [5.74, 6) is 1.36. The number of pyridine rings is 1. The van der Waals surface area contributed by atoms with E-state index in [9.17, 15) is 9.59 Å². The van der Waals surface area contributed by atoms with Crippen molar-refractivity contribution in [3.63, 3.8) is 0 Å². The van der Waals surface area contributed by atoms with Gasteiger partial charge in [-0.1, -0.05) is 18.2 Å². The number of carbonyl (C=O) groups excluding carboxylic acids is 1. The van der Waals surface area contributed by atoms with Crippen molar-refractivity contribution in [3.05, 3.63) is 46.2 Å². The molecule has 0 spiro atoms. The molecule has 1 aromatic heterocycles. The van der Waals surface area contributed by atoms with Gasteiger partial charge in [0.15, 0.2) is 0 Å². The fraction of sp³-hybridized carbons (Fsp3) is 0.474. The third kappa shape index (κ3) is 3.18. The number of hydrogen-bond donors (Lipinski definition) is 1. The van der Waals surface area contributed by atoms with Crippen LogP contribution in [0, 0.1) is 11.8 Å². The summed E-state index contributed by atoms with van der Waals surface area (Å²) < 4.78 is 1.60. The maximum absolute atomic E-state index is 13.1. The number of likely N-dealkylation sites (tertiary alicyclic amines) is 1. The number of amides is 1. The summed E-state index contributed by atoms with van der Waals surface area (Å²) in [5.41, 5.74) is 1.22. The zero-order valence-corrected chi connectivity index (χ0v) is 15.2. The molecule has 0 unspecified atom stereocenters. The summed E-state index contributed by atoms with van der Waals surface area (Å²) in [6.45, 7) is 3.71. The monoisotopic (exact) mass is 361 g/mol. The summed E-state index contributed by atoms with van der Waals surface area (Å²) in [7, 11) is 1.75. The van der Waals surface area contributed by atoms with Crippen molar-refractivity contribution < 1.29 is 4.79 Å². The van der Waals surface area contributed by atoms with Crippen molar-refractivity contribution in [2.45, 2.75) is 12.8 Å². The van der Waals surface area contributed by atoms with Crippen LogP contribution in [0.2, 0.25) is 0 Å². The molecule has 2 saturated heterocycles. The molecule has 5 nitrogen and oxygen atoms in total. The maximum atomic E-state index is 13.1. The minimum atomic E-state index is -0.132. The smallest absolute Gasteiger partial charge is 0.254 e. The number of carbonyl (C=O) groups is 1. The number of rotatable bonds is 1. The van der Waals surface area contributed by atoms with E-state index < -0.39 is 0 Å². The molecule has 2 aromatic rings. The van der Waals surface area contributed by atoms with Gasteiger partial charge in [0.2, 0.25) is 0 Å². The molecule has 1 aromatic carbocycles. The summed E-state index contributed by atoms with van der Waals surface area (Å²) >= 11 is 0. The van der Waals surface area contributed by atoms with Crippen LogP contribution in [0.15, 0.2) is 35.1 Å². The first-order valence-electron chi connectivity index (χ1n) is 8.74. The van der Waals surface area contributed by atoms with Crippen LogP contribution in [0.25, 0.3) is 10.9 Å². The molecule has 25 heavy (non-hydrogen) atoms. The van der Waals surface area contributed by atoms with Gasteiger partial charge in [0.1, 0.15) is 0 Å². The number of aryl methyl sites for hydroxylation is 1. The first-order valence-corrected chi connectivity index (χ1v) is 8.74. The summed E-state index contributed by atoms with van der Waals surface area (Å²) in [6, 6.07) is 9.14. The van der Waals surface area contributed by atoms with Gasteiger partial charge in [-0.25, -0.2) is 0 Å². The number of nitrogens with zero attached hydrogens (tertiary/aromatic N) is 2.